The van der Waals surface area contributed by atoms with Gasteiger partial charge < -0.3 is 16.4 Å². The minimum absolute atomic E-state index is 0.133. The van der Waals surface area contributed by atoms with E-state index in [-0.39, 0.29) is 11.3 Å². The van der Waals surface area contributed by atoms with Crippen LogP contribution in [-0.4, -0.2) is 30.5 Å². The quantitative estimate of drug-likeness (QED) is 0.422. The third-order valence-corrected chi connectivity index (χ3v) is 3.14. The average Bonchev–Trinajstić information content (AvgIpc) is 2.45. The van der Waals surface area contributed by atoms with Gasteiger partial charge in [-0.1, -0.05) is 11.6 Å². The van der Waals surface area contributed by atoms with E-state index in [2.05, 4.69) is 16.7 Å². The van der Waals surface area contributed by atoms with Crippen molar-refractivity contribution < 1.29 is 9.72 Å². The van der Waals surface area contributed by atoms with E-state index in [0.717, 1.165) is 19.5 Å². The van der Waals surface area contributed by atoms with Crippen molar-refractivity contribution >= 4 is 17.3 Å². The largest absolute Gasteiger partial charge is 0.381 e. The van der Waals surface area contributed by atoms with Gasteiger partial charge in [0.2, 0.25) is 0 Å². The number of rotatable bonds is 5. The van der Waals surface area contributed by atoms with Crippen molar-refractivity contribution in [2.24, 2.45) is 5.73 Å². The van der Waals surface area contributed by atoms with E-state index in [0.29, 0.717) is 12.2 Å². The third kappa shape index (κ3) is 3.33. The van der Waals surface area contributed by atoms with Gasteiger partial charge in [0.05, 0.1) is 10.5 Å². The Bertz CT molecular complexity index is 569. The zero-order chi connectivity index (χ0) is 14.5. The lowest BCUT2D eigenvalue weighted by atomic mass is 10.1. The molecular formula is C13H16N4O3. The van der Waals surface area contributed by atoms with E-state index in [9.17, 15) is 14.9 Å². The number of non-ortho nitro benzene ring substituents is 1. The van der Waals surface area contributed by atoms with Crippen molar-refractivity contribution in [3.05, 3.63) is 45.5 Å². The molecule has 0 saturated carbocycles. The number of benzene rings is 1. The van der Waals surface area contributed by atoms with E-state index in [1.807, 2.05) is 0 Å². The molecule has 4 N–H and O–H groups in total. The van der Waals surface area contributed by atoms with Gasteiger partial charge in [-0.2, -0.15) is 0 Å². The Hall–Kier alpha value is -2.41. The van der Waals surface area contributed by atoms with Crippen molar-refractivity contribution in [3.63, 3.8) is 0 Å². The summed E-state index contributed by atoms with van der Waals surface area (Å²) in [5.41, 5.74) is 7.00. The molecule has 1 aromatic rings. The molecule has 0 saturated heterocycles. The number of nitro groups is 1. The Labute approximate surface area is 116 Å². The molecule has 106 valence electrons. The Kier molecular flexibility index (Phi) is 4.31. The second kappa shape index (κ2) is 6.16. The summed E-state index contributed by atoms with van der Waals surface area (Å²) >= 11 is 0. The lowest BCUT2D eigenvalue weighted by Crippen LogP contribution is -2.23. The number of hydrogen-bond donors (Lipinski definition) is 3. The molecule has 0 aliphatic carbocycles. The lowest BCUT2D eigenvalue weighted by molar-refractivity contribution is -0.384. The first-order valence-corrected chi connectivity index (χ1v) is 6.28. The lowest BCUT2D eigenvalue weighted by Gasteiger charge is -2.16. The van der Waals surface area contributed by atoms with Crippen LogP contribution >= 0.6 is 0 Å². The highest BCUT2D eigenvalue weighted by molar-refractivity contribution is 5.99. The normalized spacial score (nSPS) is 14.5. The molecule has 0 atom stereocenters. The molecule has 7 nitrogen and oxygen atoms in total. The fourth-order valence-corrected chi connectivity index (χ4v) is 2.04. The summed E-state index contributed by atoms with van der Waals surface area (Å²) in [6, 6.07) is 4.06. The number of primary amides is 1. The summed E-state index contributed by atoms with van der Waals surface area (Å²) in [6.45, 7) is 2.36. The molecule has 1 aromatic carbocycles. The summed E-state index contributed by atoms with van der Waals surface area (Å²) in [7, 11) is 0. The van der Waals surface area contributed by atoms with Crippen LogP contribution in [0, 0.1) is 10.1 Å². The van der Waals surface area contributed by atoms with Gasteiger partial charge in [-0.05, 0) is 19.0 Å². The van der Waals surface area contributed by atoms with Gasteiger partial charge in [0.25, 0.3) is 11.6 Å². The van der Waals surface area contributed by atoms with Crippen LogP contribution in [0.15, 0.2) is 29.8 Å². The van der Waals surface area contributed by atoms with Crippen molar-refractivity contribution in [1.29, 1.82) is 0 Å². The minimum Gasteiger partial charge on any atom is -0.381 e. The van der Waals surface area contributed by atoms with E-state index in [1.165, 1.54) is 23.8 Å². The van der Waals surface area contributed by atoms with Crippen LogP contribution in [0.2, 0.25) is 0 Å². The number of carbonyl (C=O) groups excluding carboxylic acids is 1. The second-order valence-corrected chi connectivity index (χ2v) is 4.52. The fraction of sp³-hybridized carbons (Fsp3) is 0.308. The molecule has 1 aliphatic heterocycles. The maximum Gasteiger partial charge on any atom is 0.270 e. The van der Waals surface area contributed by atoms with Crippen LogP contribution in [0.1, 0.15) is 16.8 Å². The smallest absolute Gasteiger partial charge is 0.270 e. The standard InChI is InChI=1S/C13H16N4O3/c14-13(18)11-7-10(17(19)20)1-2-12(11)16-8-9-3-5-15-6-4-9/h1-3,7,15-16H,4-6,8H2,(H2,14,18). The number of nitrogens with one attached hydrogen (secondary N) is 2. The zero-order valence-corrected chi connectivity index (χ0v) is 10.9. The topological polar surface area (TPSA) is 110 Å². The molecule has 1 aliphatic rings. The molecule has 0 aromatic heterocycles. The number of hydrogen-bond acceptors (Lipinski definition) is 5. The van der Waals surface area contributed by atoms with Gasteiger partial charge in [0.1, 0.15) is 0 Å². The van der Waals surface area contributed by atoms with E-state index < -0.39 is 10.8 Å². The molecule has 0 fully saturated rings. The maximum atomic E-state index is 11.4. The van der Waals surface area contributed by atoms with Crippen LogP contribution < -0.4 is 16.4 Å². The average molecular weight is 276 g/mol. The molecule has 7 heteroatoms. The number of amides is 1. The predicted octanol–water partition coefficient (Wildman–Crippen LogP) is 1.03. The Morgan fingerprint density at radius 2 is 2.30 bits per heavy atom. The van der Waals surface area contributed by atoms with Crippen LogP contribution in [0.3, 0.4) is 0 Å². The molecule has 0 radical (unpaired) electrons. The Morgan fingerprint density at radius 3 is 2.90 bits per heavy atom. The van der Waals surface area contributed by atoms with Crippen LogP contribution in [-0.2, 0) is 0 Å². The maximum absolute atomic E-state index is 11.4. The molecule has 20 heavy (non-hydrogen) atoms. The molecule has 0 bridgehead atoms. The van der Waals surface area contributed by atoms with Crippen LogP contribution in [0.5, 0.6) is 0 Å². The summed E-state index contributed by atoms with van der Waals surface area (Å²) in [5, 5.41) is 17.0. The second-order valence-electron chi connectivity index (χ2n) is 4.52. The third-order valence-electron chi connectivity index (χ3n) is 3.14. The van der Waals surface area contributed by atoms with E-state index >= 15 is 0 Å². The molecule has 2 rings (SSSR count). The summed E-state index contributed by atoms with van der Waals surface area (Å²) in [5.74, 6) is -0.685. The van der Waals surface area contributed by atoms with Crippen molar-refractivity contribution in [2.75, 3.05) is 25.0 Å². The first-order valence-electron chi connectivity index (χ1n) is 6.28. The molecule has 1 heterocycles. The number of nitro benzene ring substituents is 1. The zero-order valence-electron chi connectivity index (χ0n) is 10.9. The first kappa shape index (κ1) is 14.0. The first-order chi connectivity index (χ1) is 9.58. The number of anilines is 1. The van der Waals surface area contributed by atoms with E-state index in [1.54, 1.807) is 0 Å². The van der Waals surface area contributed by atoms with Gasteiger partial charge in [0, 0.05) is 30.9 Å². The van der Waals surface area contributed by atoms with Gasteiger partial charge in [-0.3, -0.25) is 14.9 Å². The number of carbonyl (C=O) groups is 1. The molecular weight excluding hydrogens is 260 g/mol. The van der Waals surface area contributed by atoms with Crippen molar-refractivity contribution in [1.82, 2.24) is 5.32 Å². The van der Waals surface area contributed by atoms with Crippen LogP contribution in [0.25, 0.3) is 0 Å². The number of nitrogens with zero attached hydrogens (tertiary/aromatic N) is 1. The summed E-state index contributed by atoms with van der Waals surface area (Å²) in [4.78, 5) is 21.5. The summed E-state index contributed by atoms with van der Waals surface area (Å²) < 4.78 is 0. The molecule has 0 unspecified atom stereocenters. The van der Waals surface area contributed by atoms with Gasteiger partial charge in [0.15, 0.2) is 0 Å². The SMILES string of the molecule is NC(=O)c1cc([N+](=O)[O-])ccc1NCC1=CCNCC1. The number of nitrogens with two attached hydrogens (primary N) is 1. The molecule has 1 amide bonds. The van der Waals surface area contributed by atoms with Crippen molar-refractivity contribution in [2.45, 2.75) is 6.42 Å². The highest BCUT2D eigenvalue weighted by Crippen LogP contribution is 2.22. The summed E-state index contributed by atoms with van der Waals surface area (Å²) in [6.07, 6.45) is 3.03. The Morgan fingerprint density at radius 1 is 1.50 bits per heavy atom. The van der Waals surface area contributed by atoms with Crippen molar-refractivity contribution in [3.8, 4) is 0 Å². The minimum atomic E-state index is -0.685. The highest BCUT2D eigenvalue weighted by atomic mass is 16.6. The Balaban J connectivity index is 2.16. The highest BCUT2D eigenvalue weighted by Gasteiger charge is 2.14. The fourth-order valence-electron chi connectivity index (χ4n) is 2.04. The van der Waals surface area contributed by atoms with Crippen LogP contribution in [0.4, 0.5) is 11.4 Å². The van der Waals surface area contributed by atoms with Gasteiger partial charge in [-0.15, -0.1) is 0 Å². The monoisotopic (exact) mass is 276 g/mol. The van der Waals surface area contributed by atoms with Gasteiger partial charge in [-0.25, -0.2) is 0 Å². The van der Waals surface area contributed by atoms with Gasteiger partial charge >= 0.3 is 0 Å². The molecule has 0 spiro atoms. The van der Waals surface area contributed by atoms with E-state index in [4.69, 9.17) is 5.73 Å². The predicted molar refractivity (Wildman–Crippen MR) is 75.7 cm³/mol.